The summed E-state index contributed by atoms with van der Waals surface area (Å²) in [7, 11) is 0. The Bertz CT molecular complexity index is 397. The van der Waals surface area contributed by atoms with E-state index < -0.39 is 5.82 Å². The Kier molecular flexibility index (Phi) is 4.10. The first-order chi connectivity index (χ1) is 8.56. The van der Waals surface area contributed by atoms with E-state index >= 15 is 0 Å². The van der Waals surface area contributed by atoms with Gasteiger partial charge in [-0.2, -0.15) is 0 Å². The van der Waals surface area contributed by atoms with Crippen LogP contribution in [0.5, 0.6) is 5.75 Å². The number of benzene rings is 1. The van der Waals surface area contributed by atoms with Crippen LogP contribution in [0.15, 0.2) is 18.2 Å². The smallest absolute Gasteiger partial charge is 0.166 e. The summed E-state index contributed by atoms with van der Waals surface area (Å²) in [5, 5.41) is 12.5. The number of phenols is 1. The van der Waals surface area contributed by atoms with Crippen LogP contribution in [0, 0.1) is 17.7 Å². The van der Waals surface area contributed by atoms with E-state index in [2.05, 4.69) is 19.2 Å². The molecular weight excluding hydrogens is 229 g/mol. The molecule has 0 saturated heterocycles. The fourth-order valence-electron chi connectivity index (χ4n) is 2.76. The predicted molar refractivity (Wildman–Crippen MR) is 72.3 cm³/mol. The Balaban J connectivity index is 1.89. The normalized spacial score (nSPS) is 24.2. The summed E-state index contributed by atoms with van der Waals surface area (Å²) in [5.41, 5.74) is 0.762. The molecule has 3 heteroatoms. The van der Waals surface area contributed by atoms with Crippen molar-refractivity contribution in [3.63, 3.8) is 0 Å². The molecule has 1 aromatic carbocycles. The number of rotatable bonds is 3. The van der Waals surface area contributed by atoms with Crippen LogP contribution in [0.1, 0.15) is 39.5 Å². The van der Waals surface area contributed by atoms with Gasteiger partial charge in [-0.15, -0.1) is 0 Å². The van der Waals surface area contributed by atoms with Gasteiger partial charge in [0.25, 0.3) is 0 Å². The highest BCUT2D eigenvalue weighted by Crippen LogP contribution is 2.31. The van der Waals surface area contributed by atoms with E-state index in [4.69, 9.17) is 5.11 Å². The first-order valence-corrected chi connectivity index (χ1v) is 6.81. The molecule has 0 amide bonds. The van der Waals surface area contributed by atoms with Crippen LogP contribution in [-0.2, 0) is 0 Å². The maximum absolute atomic E-state index is 13.2. The molecule has 1 saturated carbocycles. The Hall–Kier alpha value is -1.25. The fraction of sp³-hybridized carbons (Fsp3) is 0.600. The highest BCUT2D eigenvalue weighted by Gasteiger charge is 2.23. The van der Waals surface area contributed by atoms with Gasteiger partial charge in [-0.05, 0) is 49.7 Å². The zero-order valence-corrected chi connectivity index (χ0v) is 11.1. The van der Waals surface area contributed by atoms with E-state index in [-0.39, 0.29) is 5.75 Å². The largest absolute Gasteiger partial charge is 0.505 e. The van der Waals surface area contributed by atoms with Crippen molar-refractivity contribution in [1.82, 2.24) is 0 Å². The van der Waals surface area contributed by atoms with Crippen LogP contribution in [-0.4, -0.2) is 11.1 Å². The first-order valence-electron chi connectivity index (χ1n) is 6.81. The average Bonchev–Trinajstić information content (AvgIpc) is 2.34. The third-order valence-corrected chi connectivity index (χ3v) is 4.03. The maximum Gasteiger partial charge on any atom is 0.166 e. The molecule has 18 heavy (non-hydrogen) atoms. The predicted octanol–water partition coefficient (Wildman–Crippen LogP) is 4.16. The minimum atomic E-state index is -0.559. The standard InChI is InChI=1S/C15H22FNO/c1-10(2)11-3-5-12(6-4-11)17-13-7-8-15(18)14(16)9-13/h7-12,17-18H,3-6H2,1-2H3. The Morgan fingerprint density at radius 2 is 1.89 bits per heavy atom. The number of nitrogens with one attached hydrogen (secondary N) is 1. The van der Waals surface area contributed by atoms with Crippen LogP contribution in [0.3, 0.4) is 0 Å². The Morgan fingerprint density at radius 3 is 2.44 bits per heavy atom. The van der Waals surface area contributed by atoms with Gasteiger partial charge in [0.05, 0.1) is 0 Å². The second kappa shape index (κ2) is 5.59. The molecule has 0 atom stereocenters. The van der Waals surface area contributed by atoms with Gasteiger partial charge in [-0.1, -0.05) is 13.8 Å². The quantitative estimate of drug-likeness (QED) is 0.791. The van der Waals surface area contributed by atoms with Gasteiger partial charge in [0.1, 0.15) is 0 Å². The zero-order valence-electron chi connectivity index (χ0n) is 11.1. The molecule has 0 heterocycles. The van der Waals surface area contributed by atoms with Gasteiger partial charge >= 0.3 is 0 Å². The van der Waals surface area contributed by atoms with E-state index in [1.54, 1.807) is 6.07 Å². The van der Waals surface area contributed by atoms with Crippen molar-refractivity contribution in [3.05, 3.63) is 24.0 Å². The minimum absolute atomic E-state index is 0.288. The molecule has 0 radical (unpaired) electrons. The minimum Gasteiger partial charge on any atom is -0.505 e. The van der Waals surface area contributed by atoms with Gasteiger partial charge in [0.15, 0.2) is 11.6 Å². The van der Waals surface area contributed by atoms with E-state index in [1.165, 1.54) is 25.0 Å². The third kappa shape index (κ3) is 3.15. The van der Waals surface area contributed by atoms with Crippen molar-refractivity contribution in [2.45, 2.75) is 45.6 Å². The van der Waals surface area contributed by atoms with E-state index in [0.29, 0.717) is 6.04 Å². The summed E-state index contributed by atoms with van der Waals surface area (Å²) in [6.07, 6.45) is 4.78. The van der Waals surface area contributed by atoms with E-state index in [9.17, 15) is 4.39 Å². The second-order valence-corrected chi connectivity index (χ2v) is 5.67. The van der Waals surface area contributed by atoms with Crippen LogP contribution in [0.4, 0.5) is 10.1 Å². The number of hydrogen-bond acceptors (Lipinski definition) is 2. The molecule has 2 N–H and O–H groups in total. The molecule has 0 unspecified atom stereocenters. The third-order valence-electron chi connectivity index (χ3n) is 4.03. The van der Waals surface area contributed by atoms with Crippen LogP contribution >= 0.6 is 0 Å². The molecule has 1 aromatic rings. The maximum atomic E-state index is 13.2. The van der Waals surface area contributed by atoms with Crippen LogP contribution in [0.25, 0.3) is 0 Å². The van der Waals surface area contributed by atoms with Gasteiger partial charge in [0.2, 0.25) is 0 Å². The lowest BCUT2D eigenvalue weighted by Gasteiger charge is -2.31. The lowest BCUT2D eigenvalue weighted by atomic mass is 9.79. The number of anilines is 1. The topological polar surface area (TPSA) is 32.3 Å². The molecule has 2 rings (SSSR count). The Labute approximate surface area is 108 Å². The number of hydrogen-bond donors (Lipinski definition) is 2. The second-order valence-electron chi connectivity index (χ2n) is 5.67. The first kappa shape index (κ1) is 13.2. The summed E-state index contributed by atoms with van der Waals surface area (Å²) in [4.78, 5) is 0. The van der Waals surface area contributed by atoms with E-state index in [1.807, 2.05) is 0 Å². The summed E-state index contributed by atoms with van der Waals surface area (Å²) in [5.74, 6) is 0.747. The van der Waals surface area contributed by atoms with Gasteiger partial charge in [0, 0.05) is 17.8 Å². The molecule has 0 aliphatic heterocycles. The van der Waals surface area contributed by atoms with Crippen LogP contribution in [0.2, 0.25) is 0 Å². The van der Waals surface area contributed by atoms with Crippen molar-refractivity contribution >= 4 is 5.69 Å². The van der Waals surface area contributed by atoms with Crippen molar-refractivity contribution in [2.75, 3.05) is 5.32 Å². The average molecular weight is 251 g/mol. The number of aromatic hydroxyl groups is 1. The number of halogens is 1. The molecule has 1 aliphatic rings. The Morgan fingerprint density at radius 1 is 1.22 bits per heavy atom. The summed E-state index contributed by atoms with van der Waals surface area (Å²) in [6.45, 7) is 4.57. The lowest BCUT2D eigenvalue weighted by molar-refractivity contribution is 0.267. The molecular formula is C15H22FNO. The van der Waals surface area contributed by atoms with Gasteiger partial charge in [-0.25, -0.2) is 4.39 Å². The molecule has 100 valence electrons. The molecule has 0 bridgehead atoms. The van der Waals surface area contributed by atoms with Crippen molar-refractivity contribution < 1.29 is 9.50 Å². The zero-order chi connectivity index (χ0) is 13.1. The lowest BCUT2D eigenvalue weighted by Crippen LogP contribution is -2.27. The SMILES string of the molecule is CC(C)C1CCC(Nc2ccc(O)c(F)c2)CC1. The van der Waals surface area contributed by atoms with Crippen molar-refractivity contribution in [2.24, 2.45) is 11.8 Å². The molecule has 1 aliphatic carbocycles. The van der Waals surface area contributed by atoms with Crippen LogP contribution < -0.4 is 5.32 Å². The monoisotopic (exact) mass is 251 g/mol. The number of phenolic OH excluding ortho intramolecular Hbond substituents is 1. The molecule has 0 aromatic heterocycles. The highest BCUT2D eigenvalue weighted by atomic mass is 19.1. The van der Waals surface area contributed by atoms with Crippen molar-refractivity contribution in [1.29, 1.82) is 0 Å². The highest BCUT2D eigenvalue weighted by molar-refractivity contribution is 5.47. The summed E-state index contributed by atoms with van der Waals surface area (Å²) in [6, 6.07) is 4.93. The molecule has 0 spiro atoms. The van der Waals surface area contributed by atoms with Crippen molar-refractivity contribution in [3.8, 4) is 5.75 Å². The van der Waals surface area contributed by atoms with Gasteiger partial charge < -0.3 is 10.4 Å². The summed E-state index contributed by atoms with van der Waals surface area (Å²) >= 11 is 0. The molecule has 2 nitrogen and oxygen atoms in total. The molecule has 1 fully saturated rings. The summed E-state index contributed by atoms with van der Waals surface area (Å²) < 4.78 is 13.2. The fourth-order valence-corrected chi connectivity index (χ4v) is 2.76. The van der Waals surface area contributed by atoms with Gasteiger partial charge in [-0.3, -0.25) is 0 Å². The van der Waals surface area contributed by atoms with E-state index in [0.717, 1.165) is 30.4 Å².